The molecule has 0 saturated heterocycles. The molecule has 3 rings (SSSR count). The Morgan fingerprint density at radius 3 is 2.04 bits per heavy atom. The van der Waals surface area contributed by atoms with Crippen molar-refractivity contribution in [2.45, 2.75) is 25.7 Å². The largest absolute Gasteiger partial charge is 0.280 e. The molecule has 0 saturated carbocycles. The number of rotatable bonds is 5. The number of hydrogen-bond donors (Lipinski definition) is 1. The van der Waals surface area contributed by atoms with E-state index in [1.165, 1.54) is 16.7 Å². The van der Waals surface area contributed by atoms with Crippen LogP contribution in [0.25, 0.3) is 0 Å². The normalized spacial score (nSPS) is 11.7. The zero-order valence-electron chi connectivity index (χ0n) is 15.9. The smallest absolute Gasteiger partial charge is 0.261 e. The van der Waals surface area contributed by atoms with Crippen molar-refractivity contribution in [1.82, 2.24) is 0 Å². The molecule has 0 radical (unpaired) electrons. The lowest BCUT2D eigenvalue weighted by Crippen LogP contribution is -2.12. The zero-order valence-corrected chi connectivity index (χ0v) is 18.9. The van der Waals surface area contributed by atoms with E-state index in [1.54, 1.807) is 36.4 Å². The first-order chi connectivity index (χ1) is 13.2. The van der Waals surface area contributed by atoms with E-state index < -0.39 is 10.0 Å². The first kappa shape index (κ1) is 20.5. The summed E-state index contributed by atoms with van der Waals surface area (Å²) in [7, 11) is -3.63. The molecule has 28 heavy (non-hydrogen) atoms. The first-order valence-corrected chi connectivity index (χ1v) is 11.3. The fourth-order valence-corrected chi connectivity index (χ4v) is 4.40. The molecule has 0 aromatic heterocycles. The predicted octanol–water partition coefficient (Wildman–Crippen LogP) is 5.77. The zero-order chi connectivity index (χ0) is 20.3. The van der Waals surface area contributed by atoms with Gasteiger partial charge in [0.05, 0.1) is 10.6 Å². The first-order valence-electron chi connectivity index (χ1n) is 8.75. The van der Waals surface area contributed by atoms with Crippen molar-refractivity contribution in [3.05, 3.63) is 86.5 Å². The summed E-state index contributed by atoms with van der Waals surface area (Å²) in [6.45, 7) is 6.20. The number of sulfonamides is 1. The minimum Gasteiger partial charge on any atom is -0.280 e. The minimum absolute atomic E-state index is 0.202. The number of aryl methyl sites for hydroxylation is 3. The lowest BCUT2D eigenvalue weighted by Gasteiger charge is -2.08. The Kier molecular flexibility index (Phi) is 6.20. The molecule has 144 valence electrons. The fraction of sp³-hybridized carbons (Fsp3) is 0.136. The molecule has 0 fully saturated rings. The van der Waals surface area contributed by atoms with Crippen LogP contribution in [0.15, 0.2) is 70.6 Å². The van der Waals surface area contributed by atoms with E-state index in [4.69, 9.17) is 0 Å². The van der Waals surface area contributed by atoms with E-state index >= 15 is 0 Å². The Labute approximate surface area is 179 Å². The average molecular weight is 504 g/mol. The van der Waals surface area contributed by atoms with E-state index in [1.807, 2.05) is 18.3 Å². The number of anilines is 1. The Morgan fingerprint density at radius 1 is 0.893 bits per heavy atom. The molecule has 0 unspecified atom stereocenters. The maximum atomic E-state index is 12.5. The van der Waals surface area contributed by atoms with Crippen LogP contribution in [0.5, 0.6) is 0 Å². The van der Waals surface area contributed by atoms with Gasteiger partial charge >= 0.3 is 0 Å². The third-order valence-corrected chi connectivity index (χ3v) is 6.44. The molecule has 0 aliphatic carbocycles. The lowest BCUT2D eigenvalue weighted by atomic mass is 10.0. The van der Waals surface area contributed by atoms with Crippen molar-refractivity contribution in [3.63, 3.8) is 0 Å². The number of benzene rings is 3. The van der Waals surface area contributed by atoms with Gasteiger partial charge < -0.3 is 0 Å². The minimum atomic E-state index is -3.63. The van der Waals surface area contributed by atoms with Crippen LogP contribution >= 0.6 is 22.6 Å². The van der Waals surface area contributed by atoms with Crippen molar-refractivity contribution in [3.8, 4) is 0 Å². The van der Waals surface area contributed by atoms with E-state index in [2.05, 4.69) is 65.2 Å². The SMILES string of the molecule is Cc1cc(C)c(C=Nc2ccc(S(=O)(=O)Nc3ccc(I)cc3)cc2)c(C)c1. The van der Waals surface area contributed by atoms with Crippen LogP contribution in [0.2, 0.25) is 0 Å². The van der Waals surface area contributed by atoms with E-state index in [0.29, 0.717) is 11.4 Å². The maximum absolute atomic E-state index is 12.5. The highest BCUT2D eigenvalue weighted by atomic mass is 127. The van der Waals surface area contributed by atoms with Crippen molar-refractivity contribution >= 4 is 50.2 Å². The third-order valence-electron chi connectivity index (χ3n) is 4.32. The second-order valence-corrected chi connectivity index (χ2v) is 9.60. The quantitative estimate of drug-likeness (QED) is 0.355. The molecule has 0 amide bonds. The van der Waals surface area contributed by atoms with Crippen molar-refractivity contribution in [2.75, 3.05) is 4.72 Å². The average Bonchev–Trinajstić information content (AvgIpc) is 2.63. The van der Waals surface area contributed by atoms with Gasteiger partial charge in [-0.2, -0.15) is 0 Å². The Bertz CT molecular complexity index is 1100. The molecule has 1 N–H and O–H groups in total. The topological polar surface area (TPSA) is 58.5 Å². The molecule has 0 spiro atoms. The van der Waals surface area contributed by atoms with Crippen LogP contribution < -0.4 is 4.72 Å². The Morgan fingerprint density at radius 2 is 1.46 bits per heavy atom. The highest BCUT2D eigenvalue weighted by Gasteiger charge is 2.13. The van der Waals surface area contributed by atoms with Gasteiger partial charge in [0.2, 0.25) is 0 Å². The molecule has 0 atom stereocenters. The Hall–Kier alpha value is -2.19. The van der Waals surface area contributed by atoms with E-state index in [0.717, 1.165) is 9.13 Å². The summed E-state index contributed by atoms with van der Waals surface area (Å²) in [6, 6.07) is 18.0. The van der Waals surface area contributed by atoms with Gasteiger partial charge in [0.1, 0.15) is 0 Å². The predicted molar refractivity (Wildman–Crippen MR) is 124 cm³/mol. The fourth-order valence-electron chi connectivity index (χ4n) is 2.98. The van der Waals surface area contributed by atoms with Gasteiger partial charge in [-0.3, -0.25) is 9.71 Å². The Balaban J connectivity index is 1.78. The van der Waals surface area contributed by atoms with Crippen molar-refractivity contribution in [2.24, 2.45) is 4.99 Å². The number of nitrogens with zero attached hydrogens (tertiary/aromatic N) is 1. The van der Waals surface area contributed by atoms with Crippen LogP contribution in [0.1, 0.15) is 22.3 Å². The van der Waals surface area contributed by atoms with Crippen LogP contribution in [0.4, 0.5) is 11.4 Å². The molecular formula is C22H21IN2O2S. The molecule has 0 aliphatic rings. The van der Waals surface area contributed by atoms with Gasteiger partial charge in [-0.25, -0.2) is 8.42 Å². The standard InChI is InChI=1S/C22H21IN2O2S/c1-15-12-16(2)22(17(3)13-15)14-24-19-8-10-21(11-9-19)28(26,27)25-20-6-4-18(23)5-7-20/h4-14,25H,1-3H3. The highest BCUT2D eigenvalue weighted by molar-refractivity contribution is 14.1. The maximum Gasteiger partial charge on any atom is 0.261 e. The van der Waals surface area contributed by atoms with Gasteiger partial charge in [-0.15, -0.1) is 0 Å². The second-order valence-electron chi connectivity index (χ2n) is 6.68. The number of aliphatic imine (C=N–C) groups is 1. The summed E-state index contributed by atoms with van der Waals surface area (Å²) < 4.78 is 28.7. The molecule has 3 aromatic rings. The number of hydrogen-bond acceptors (Lipinski definition) is 3. The number of halogens is 1. The van der Waals surface area contributed by atoms with Crippen molar-refractivity contribution < 1.29 is 8.42 Å². The van der Waals surface area contributed by atoms with Gasteiger partial charge in [-0.05, 0) is 109 Å². The summed E-state index contributed by atoms with van der Waals surface area (Å²) >= 11 is 2.18. The van der Waals surface area contributed by atoms with Crippen LogP contribution in [-0.4, -0.2) is 14.6 Å². The molecule has 4 nitrogen and oxygen atoms in total. The van der Waals surface area contributed by atoms with Gasteiger partial charge in [-0.1, -0.05) is 17.7 Å². The molecule has 0 aliphatic heterocycles. The second kappa shape index (κ2) is 8.45. The lowest BCUT2D eigenvalue weighted by molar-refractivity contribution is 0.601. The molecule has 0 heterocycles. The monoisotopic (exact) mass is 504 g/mol. The summed E-state index contributed by atoms with van der Waals surface area (Å²) in [5.41, 5.74) is 5.88. The number of nitrogens with one attached hydrogen (secondary N) is 1. The molecule has 6 heteroatoms. The van der Waals surface area contributed by atoms with Crippen molar-refractivity contribution in [1.29, 1.82) is 0 Å². The summed E-state index contributed by atoms with van der Waals surface area (Å²) in [5, 5.41) is 0. The summed E-state index contributed by atoms with van der Waals surface area (Å²) in [5.74, 6) is 0. The van der Waals surface area contributed by atoms with Gasteiger partial charge in [0.25, 0.3) is 10.0 Å². The molecule has 0 bridgehead atoms. The highest BCUT2D eigenvalue weighted by Crippen LogP contribution is 2.21. The van der Waals surface area contributed by atoms with Crippen LogP contribution in [0.3, 0.4) is 0 Å². The molecule has 3 aromatic carbocycles. The van der Waals surface area contributed by atoms with E-state index in [9.17, 15) is 8.42 Å². The summed E-state index contributed by atoms with van der Waals surface area (Å²) in [4.78, 5) is 4.71. The van der Waals surface area contributed by atoms with Gasteiger partial charge in [0.15, 0.2) is 0 Å². The van der Waals surface area contributed by atoms with E-state index in [-0.39, 0.29) is 4.90 Å². The van der Waals surface area contributed by atoms with Crippen LogP contribution in [-0.2, 0) is 10.0 Å². The summed E-state index contributed by atoms with van der Waals surface area (Å²) in [6.07, 6.45) is 1.83. The third kappa shape index (κ3) is 4.99. The van der Waals surface area contributed by atoms with Gasteiger partial charge in [0, 0.05) is 15.5 Å². The van der Waals surface area contributed by atoms with Crippen LogP contribution in [0, 0.1) is 24.3 Å². The molecular weight excluding hydrogens is 483 g/mol.